The average Bonchev–Trinajstić information content (AvgIpc) is 2.31. The number of sulfone groups is 1. The summed E-state index contributed by atoms with van der Waals surface area (Å²) in [6.45, 7) is 1.78. The minimum atomic E-state index is -2.91. The molecule has 0 aromatic carbocycles. The van der Waals surface area contributed by atoms with Gasteiger partial charge in [0.15, 0.2) is 0 Å². The maximum absolute atomic E-state index is 11.3. The molecule has 2 rings (SSSR count). The number of hydrogen-bond donors (Lipinski definition) is 2. The summed E-state index contributed by atoms with van der Waals surface area (Å²) >= 11 is 0. The second-order valence-corrected chi connectivity index (χ2v) is 7.05. The number of rotatable bonds is 3. The van der Waals surface area contributed by atoms with Gasteiger partial charge in [0.05, 0.1) is 17.2 Å². The maximum atomic E-state index is 11.3. The Kier molecular flexibility index (Phi) is 3.75. The van der Waals surface area contributed by atoms with Crippen molar-refractivity contribution in [3.63, 3.8) is 0 Å². The first-order valence-corrected chi connectivity index (χ1v) is 7.86. The van der Waals surface area contributed by atoms with Crippen LogP contribution in [0, 0.1) is 6.92 Å². The van der Waals surface area contributed by atoms with E-state index in [9.17, 15) is 13.2 Å². The Morgan fingerprint density at radius 3 is 2.63 bits per heavy atom. The number of nitrogens with zero attached hydrogens (tertiary/aromatic N) is 1. The van der Waals surface area contributed by atoms with E-state index in [4.69, 9.17) is 5.11 Å². The fourth-order valence-corrected chi connectivity index (χ4v) is 3.60. The third-order valence-corrected chi connectivity index (χ3v) is 4.90. The Hall–Kier alpha value is -1.63. The number of carboxylic acid groups (broad SMARTS) is 1. The van der Waals surface area contributed by atoms with Crippen molar-refractivity contribution >= 4 is 21.5 Å². The number of anilines is 1. The topological polar surface area (TPSA) is 96.4 Å². The van der Waals surface area contributed by atoms with Gasteiger partial charge in [0.1, 0.15) is 15.4 Å². The lowest BCUT2D eigenvalue weighted by Crippen LogP contribution is -2.32. The maximum Gasteiger partial charge on any atom is 0.339 e. The van der Waals surface area contributed by atoms with Gasteiger partial charge in [-0.1, -0.05) is 0 Å². The number of carbonyl (C=O) groups is 1. The Balaban J connectivity index is 2.15. The molecule has 1 saturated heterocycles. The van der Waals surface area contributed by atoms with Gasteiger partial charge in [-0.2, -0.15) is 0 Å². The number of aromatic nitrogens is 1. The molecule has 1 aromatic rings. The largest absolute Gasteiger partial charge is 0.478 e. The third kappa shape index (κ3) is 3.44. The van der Waals surface area contributed by atoms with Crippen molar-refractivity contribution in [1.29, 1.82) is 0 Å². The van der Waals surface area contributed by atoms with Crippen LogP contribution in [-0.2, 0) is 9.84 Å². The zero-order valence-corrected chi connectivity index (χ0v) is 11.4. The number of aromatic carboxylic acids is 1. The predicted molar refractivity (Wildman–Crippen MR) is 71.2 cm³/mol. The second-order valence-electron chi connectivity index (χ2n) is 4.75. The van der Waals surface area contributed by atoms with Crippen LogP contribution in [0.4, 0.5) is 5.69 Å². The van der Waals surface area contributed by atoms with Crippen molar-refractivity contribution in [3.05, 3.63) is 23.5 Å². The van der Waals surface area contributed by atoms with E-state index in [1.807, 2.05) is 0 Å². The van der Waals surface area contributed by atoms with Crippen molar-refractivity contribution in [2.24, 2.45) is 0 Å². The third-order valence-electron chi connectivity index (χ3n) is 3.19. The minimum Gasteiger partial charge on any atom is -0.478 e. The number of aryl methyl sites for hydroxylation is 1. The molecule has 0 atom stereocenters. The summed E-state index contributed by atoms with van der Waals surface area (Å²) in [5, 5.41) is 12.2. The number of carboxylic acids is 1. The van der Waals surface area contributed by atoms with Gasteiger partial charge >= 0.3 is 5.97 Å². The van der Waals surface area contributed by atoms with Gasteiger partial charge in [-0.3, -0.25) is 4.98 Å². The first-order valence-electron chi connectivity index (χ1n) is 6.04. The van der Waals surface area contributed by atoms with E-state index in [0.29, 0.717) is 18.5 Å². The Labute approximate surface area is 111 Å². The summed E-state index contributed by atoms with van der Waals surface area (Å²) in [5.74, 6) is -0.743. The van der Waals surface area contributed by atoms with Crippen molar-refractivity contribution in [3.8, 4) is 0 Å². The summed E-state index contributed by atoms with van der Waals surface area (Å²) in [4.78, 5) is 15.1. The lowest BCUT2D eigenvalue weighted by atomic mass is 10.1. The summed E-state index contributed by atoms with van der Waals surface area (Å²) in [6.07, 6.45) is 2.32. The summed E-state index contributed by atoms with van der Waals surface area (Å²) < 4.78 is 22.7. The standard InChI is InChI=1S/C12H16N2O4S/c1-8-6-11(10(7-13-8)12(15)16)14-9-2-4-19(17,18)5-3-9/h6-7,9H,2-5H2,1H3,(H,13,14)(H,15,16). The van der Waals surface area contributed by atoms with Gasteiger partial charge in [0.2, 0.25) is 0 Å². The van der Waals surface area contributed by atoms with Gasteiger partial charge in [0, 0.05) is 17.9 Å². The van der Waals surface area contributed by atoms with E-state index in [2.05, 4.69) is 10.3 Å². The van der Waals surface area contributed by atoms with Crippen LogP contribution in [0.2, 0.25) is 0 Å². The molecule has 1 aliphatic heterocycles. The molecular formula is C12H16N2O4S. The molecule has 7 heteroatoms. The number of nitrogens with one attached hydrogen (secondary N) is 1. The Bertz CT molecular complexity index is 584. The van der Waals surface area contributed by atoms with Gasteiger partial charge in [0.25, 0.3) is 0 Å². The van der Waals surface area contributed by atoms with Crippen molar-refractivity contribution < 1.29 is 18.3 Å². The van der Waals surface area contributed by atoms with Crippen LogP contribution in [0.1, 0.15) is 28.9 Å². The molecule has 19 heavy (non-hydrogen) atoms. The molecule has 2 N–H and O–H groups in total. The second kappa shape index (κ2) is 5.16. The van der Waals surface area contributed by atoms with Gasteiger partial charge in [-0.15, -0.1) is 0 Å². The highest BCUT2D eigenvalue weighted by Gasteiger charge is 2.24. The Morgan fingerprint density at radius 2 is 2.05 bits per heavy atom. The molecule has 0 spiro atoms. The average molecular weight is 284 g/mol. The van der Waals surface area contributed by atoms with Gasteiger partial charge < -0.3 is 10.4 Å². The molecule has 1 fully saturated rings. The van der Waals surface area contributed by atoms with Crippen molar-refractivity contribution in [2.45, 2.75) is 25.8 Å². The van der Waals surface area contributed by atoms with Gasteiger partial charge in [-0.25, -0.2) is 13.2 Å². The molecule has 6 nitrogen and oxygen atoms in total. The smallest absolute Gasteiger partial charge is 0.339 e. The van der Waals surface area contributed by atoms with E-state index < -0.39 is 15.8 Å². The minimum absolute atomic E-state index is 0.0107. The monoisotopic (exact) mass is 284 g/mol. The molecule has 2 heterocycles. The van der Waals surface area contributed by atoms with Crippen LogP contribution in [0.15, 0.2) is 12.3 Å². The summed E-state index contributed by atoms with van der Waals surface area (Å²) in [6, 6.07) is 1.66. The van der Waals surface area contributed by atoms with Crippen LogP contribution in [0.5, 0.6) is 0 Å². The highest BCUT2D eigenvalue weighted by Crippen LogP contribution is 2.21. The molecule has 0 bridgehead atoms. The first-order chi connectivity index (χ1) is 8.87. The molecule has 104 valence electrons. The Morgan fingerprint density at radius 1 is 1.42 bits per heavy atom. The van der Waals surface area contributed by atoms with Crippen LogP contribution in [-0.4, -0.2) is 42.0 Å². The molecule has 0 amide bonds. The van der Waals surface area contributed by atoms with Crippen LogP contribution < -0.4 is 5.32 Å². The SMILES string of the molecule is Cc1cc(NC2CCS(=O)(=O)CC2)c(C(=O)O)cn1. The van der Waals surface area contributed by atoms with Crippen LogP contribution >= 0.6 is 0 Å². The van der Waals surface area contributed by atoms with Crippen LogP contribution in [0.3, 0.4) is 0 Å². The first kappa shape index (κ1) is 13.8. The molecular weight excluding hydrogens is 268 g/mol. The lowest BCUT2D eigenvalue weighted by Gasteiger charge is -2.24. The molecule has 1 aliphatic rings. The highest BCUT2D eigenvalue weighted by atomic mass is 32.2. The van der Waals surface area contributed by atoms with Gasteiger partial charge in [-0.05, 0) is 25.8 Å². The zero-order valence-electron chi connectivity index (χ0n) is 10.6. The molecule has 1 aromatic heterocycles. The summed E-state index contributed by atoms with van der Waals surface area (Å²) in [7, 11) is -2.91. The molecule has 0 saturated carbocycles. The predicted octanol–water partition coefficient (Wildman–Crippen LogP) is 1.08. The van der Waals surface area contributed by atoms with E-state index in [1.54, 1.807) is 13.0 Å². The van der Waals surface area contributed by atoms with E-state index in [-0.39, 0.29) is 23.1 Å². The van der Waals surface area contributed by atoms with Crippen molar-refractivity contribution in [2.75, 3.05) is 16.8 Å². The van der Waals surface area contributed by atoms with Crippen LogP contribution in [0.25, 0.3) is 0 Å². The van der Waals surface area contributed by atoms with Crippen molar-refractivity contribution in [1.82, 2.24) is 4.98 Å². The normalized spacial score (nSPS) is 19.0. The summed E-state index contributed by atoms with van der Waals surface area (Å²) in [5.41, 5.74) is 1.33. The van der Waals surface area contributed by atoms with E-state index >= 15 is 0 Å². The number of pyridine rings is 1. The van der Waals surface area contributed by atoms with E-state index in [0.717, 1.165) is 5.69 Å². The van der Waals surface area contributed by atoms with E-state index in [1.165, 1.54) is 6.20 Å². The molecule has 0 unspecified atom stereocenters. The fourth-order valence-electron chi connectivity index (χ4n) is 2.10. The zero-order chi connectivity index (χ0) is 14.0. The fraction of sp³-hybridized carbons (Fsp3) is 0.500. The highest BCUT2D eigenvalue weighted by molar-refractivity contribution is 7.91. The molecule has 0 aliphatic carbocycles. The number of hydrogen-bond acceptors (Lipinski definition) is 5. The molecule has 0 radical (unpaired) electrons. The quantitative estimate of drug-likeness (QED) is 0.862. The lowest BCUT2D eigenvalue weighted by molar-refractivity contribution is 0.0697.